The number of nitrogens with zero attached hydrogens (tertiary/aromatic N) is 3. The van der Waals surface area contributed by atoms with Gasteiger partial charge in [-0.1, -0.05) is 44.2 Å². The average Bonchev–Trinajstić information content (AvgIpc) is 3.64. The number of nitrogens with one attached hydrogen (secondary N) is 1. The van der Waals surface area contributed by atoms with Crippen molar-refractivity contribution in [3.8, 4) is 0 Å². The molecule has 0 spiro atoms. The second-order valence-corrected chi connectivity index (χ2v) is 15.3. The maximum Gasteiger partial charge on any atom is 0.316 e. The number of aliphatic hydroxyl groups is 1. The van der Waals surface area contributed by atoms with E-state index in [1.807, 2.05) is 44.2 Å². The zero-order chi connectivity index (χ0) is 34.4. The lowest BCUT2D eigenvalue weighted by Gasteiger charge is -2.43. The first kappa shape index (κ1) is 36.4. The molecule has 14 heteroatoms. The van der Waals surface area contributed by atoms with Crippen molar-refractivity contribution in [3.05, 3.63) is 60.2 Å². The molecule has 0 bridgehead atoms. The number of carboxylic acid groups (broad SMARTS) is 1. The number of anilines is 1. The Kier molecular flexibility index (Phi) is 12.1. The fourth-order valence-electron chi connectivity index (χ4n) is 6.36. The molecule has 4 rings (SSSR count). The van der Waals surface area contributed by atoms with Crippen molar-refractivity contribution in [2.75, 3.05) is 52.7 Å². The third-order valence-corrected chi connectivity index (χ3v) is 10.7. The predicted molar refractivity (Wildman–Crippen MR) is 174 cm³/mol. The standard InChI is InChI=1S/C33H49N5O8S/c1-33(2,16-8-17-35-31(40)36(3)4)22-37(47(43,44)25-13-11-24(34)12-14-25)20-29(39)27(19-23-9-6-5-7-10-23)38(32(41)42)28-21-46-30-26(28)15-18-45-30/h5-7,9-14,26-30,39H,8,15-22,34H2,1-4H3,(H,35,40)(H,41,42)/p-1/t26-,27-,28-,29+,30+/m0/s1. The summed E-state index contributed by atoms with van der Waals surface area (Å²) in [5.41, 5.74) is 6.43. The zero-order valence-electron chi connectivity index (χ0n) is 27.6. The van der Waals surface area contributed by atoms with Gasteiger partial charge in [-0.2, -0.15) is 4.31 Å². The Balaban J connectivity index is 1.64. The molecule has 2 aliphatic rings. The molecule has 0 radical (unpaired) electrons. The Morgan fingerprint density at radius 1 is 1.11 bits per heavy atom. The topological polar surface area (TPSA) is 178 Å². The van der Waals surface area contributed by atoms with Crippen LogP contribution in [0.3, 0.4) is 0 Å². The van der Waals surface area contributed by atoms with Gasteiger partial charge in [-0.05, 0) is 60.9 Å². The number of carbonyl (C=O) groups excluding carboxylic acids is 2. The lowest BCUT2D eigenvalue weighted by molar-refractivity contribution is -0.273. The van der Waals surface area contributed by atoms with Crippen molar-refractivity contribution in [1.29, 1.82) is 0 Å². The number of sulfonamides is 1. The Bertz CT molecular complexity index is 1440. The van der Waals surface area contributed by atoms with Crippen molar-refractivity contribution in [2.45, 2.75) is 68.9 Å². The van der Waals surface area contributed by atoms with E-state index in [2.05, 4.69) is 5.32 Å². The molecule has 2 fully saturated rings. The highest BCUT2D eigenvalue weighted by molar-refractivity contribution is 7.89. The SMILES string of the molecule is CN(C)C(=O)NCCCC(C)(C)CN(C[C@@H](O)[C@H](Cc1ccccc1)N(C(=O)[O-])[C@H]1CO[C@H]2OCC[C@H]21)S(=O)(=O)c1ccc(N)cc1. The summed E-state index contributed by atoms with van der Waals surface area (Å²) in [6.45, 7) is 4.39. The number of nitrogen functional groups attached to an aromatic ring is 1. The van der Waals surface area contributed by atoms with Crippen LogP contribution in [-0.4, -0.2) is 111 Å². The maximum atomic E-state index is 14.2. The Morgan fingerprint density at radius 2 is 1.79 bits per heavy atom. The Labute approximate surface area is 277 Å². The number of aliphatic hydroxyl groups excluding tert-OH is 1. The fourth-order valence-corrected chi connectivity index (χ4v) is 8.01. The van der Waals surface area contributed by atoms with Gasteiger partial charge in [0.2, 0.25) is 10.0 Å². The molecule has 13 nitrogen and oxygen atoms in total. The molecule has 3 amide bonds. The summed E-state index contributed by atoms with van der Waals surface area (Å²) < 4.78 is 41.0. The molecule has 4 N–H and O–H groups in total. The number of ether oxygens (including phenoxy) is 2. The highest BCUT2D eigenvalue weighted by Crippen LogP contribution is 2.36. The van der Waals surface area contributed by atoms with Crippen LogP contribution in [0.2, 0.25) is 0 Å². The van der Waals surface area contributed by atoms with Crippen LogP contribution >= 0.6 is 0 Å². The van der Waals surface area contributed by atoms with E-state index in [1.54, 1.807) is 14.1 Å². The van der Waals surface area contributed by atoms with Gasteiger partial charge in [-0.3, -0.25) is 0 Å². The molecule has 5 atom stereocenters. The minimum Gasteiger partial charge on any atom is -0.530 e. The maximum absolute atomic E-state index is 14.2. The van der Waals surface area contributed by atoms with Crippen molar-refractivity contribution < 1.29 is 37.7 Å². The molecule has 2 aromatic carbocycles. The summed E-state index contributed by atoms with van der Waals surface area (Å²) >= 11 is 0. The lowest BCUT2D eigenvalue weighted by Crippen LogP contribution is -2.61. The van der Waals surface area contributed by atoms with Crippen LogP contribution in [0, 0.1) is 11.3 Å². The lowest BCUT2D eigenvalue weighted by atomic mass is 9.87. The van der Waals surface area contributed by atoms with Crippen molar-refractivity contribution in [1.82, 2.24) is 19.4 Å². The quantitative estimate of drug-likeness (QED) is 0.187. The summed E-state index contributed by atoms with van der Waals surface area (Å²) in [7, 11) is -0.873. The molecule has 47 heavy (non-hydrogen) atoms. The van der Waals surface area contributed by atoms with Gasteiger partial charge in [0.15, 0.2) is 6.29 Å². The normalized spacial score (nSPS) is 20.9. The summed E-state index contributed by atoms with van der Waals surface area (Å²) in [5, 5.41) is 27.6. The van der Waals surface area contributed by atoms with Gasteiger partial charge in [0.05, 0.1) is 36.3 Å². The summed E-state index contributed by atoms with van der Waals surface area (Å²) in [6.07, 6.45) is -1.59. The molecule has 0 unspecified atom stereocenters. The number of nitrogens with two attached hydrogens (primary N) is 1. The predicted octanol–water partition coefficient (Wildman–Crippen LogP) is 1.72. The van der Waals surface area contributed by atoms with Crippen molar-refractivity contribution in [2.24, 2.45) is 11.3 Å². The number of carbonyl (C=O) groups is 2. The van der Waals surface area contributed by atoms with Crippen LogP contribution in [0.1, 0.15) is 38.7 Å². The largest absolute Gasteiger partial charge is 0.530 e. The van der Waals surface area contributed by atoms with E-state index >= 15 is 0 Å². The zero-order valence-corrected chi connectivity index (χ0v) is 28.4. The summed E-state index contributed by atoms with van der Waals surface area (Å²) in [6, 6.07) is 13.1. The van der Waals surface area contributed by atoms with Gasteiger partial charge in [-0.25, -0.2) is 13.2 Å². The number of amides is 3. The third kappa shape index (κ3) is 9.35. The van der Waals surface area contributed by atoms with Gasteiger partial charge in [0.1, 0.15) is 6.09 Å². The van der Waals surface area contributed by atoms with Gasteiger partial charge in [0, 0.05) is 45.3 Å². The first-order valence-electron chi connectivity index (χ1n) is 15.9. The second-order valence-electron chi connectivity index (χ2n) is 13.4. The minimum atomic E-state index is -4.17. The molecule has 2 aromatic rings. The third-order valence-electron chi connectivity index (χ3n) is 8.89. The monoisotopic (exact) mass is 674 g/mol. The molecule has 2 aliphatic heterocycles. The fraction of sp³-hybridized carbons (Fsp3) is 0.576. The highest BCUT2D eigenvalue weighted by Gasteiger charge is 2.47. The van der Waals surface area contributed by atoms with Crippen LogP contribution in [0.25, 0.3) is 0 Å². The van der Waals surface area contributed by atoms with Gasteiger partial charge < -0.3 is 45.3 Å². The first-order valence-corrected chi connectivity index (χ1v) is 17.4. The van der Waals surface area contributed by atoms with E-state index in [0.717, 1.165) is 10.5 Å². The van der Waals surface area contributed by atoms with Gasteiger partial charge >= 0.3 is 6.03 Å². The van der Waals surface area contributed by atoms with Crippen LogP contribution in [0.4, 0.5) is 15.3 Å². The molecule has 0 saturated carbocycles. The first-order chi connectivity index (χ1) is 22.2. The molecular weight excluding hydrogens is 626 g/mol. The van der Waals surface area contributed by atoms with Crippen LogP contribution in [-0.2, 0) is 25.9 Å². The van der Waals surface area contributed by atoms with E-state index in [1.165, 1.54) is 33.5 Å². The van der Waals surface area contributed by atoms with Gasteiger partial charge in [0.25, 0.3) is 0 Å². The smallest absolute Gasteiger partial charge is 0.316 e. The molecule has 0 aliphatic carbocycles. The van der Waals surface area contributed by atoms with Crippen molar-refractivity contribution >= 4 is 27.8 Å². The number of hydrogen-bond donors (Lipinski definition) is 3. The Hall–Kier alpha value is -3.43. The Morgan fingerprint density at radius 3 is 2.43 bits per heavy atom. The molecule has 2 saturated heterocycles. The van der Waals surface area contributed by atoms with Crippen LogP contribution in [0.5, 0.6) is 0 Å². The van der Waals surface area contributed by atoms with E-state index in [9.17, 15) is 28.2 Å². The molecule has 0 aromatic heterocycles. The van der Waals surface area contributed by atoms with Crippen molar-refractivity contribution in [3.63, 3.8) is 0 Å². The van der Waals surface area contributed by atoms with E-state index in [-0.39, 0.29) is 43.0 Å². The van der Waals surface area contributed by atoms with E-state index < -0.39 is 46.0 Å². The van der Waals surface area contributed by atoms with Gasteiger partial charge in [-0.15, -0.1) is 0 Å². The molecule has 260 valence electrons. The van der Waals surface area contributed by atoms with Crippen LogP contribution in [0.15, 0.2) is 59.5 Å². The number of benzene rings is 2. The highest BCUT2D eigenvalue weighted by atomic mass is 32.2. The minimum absolute atomic E-state index is 0.000507. The number of hydrogen-bond acceptors (Lipinski definition) is 9. The molecular formula is C33H48N5O8S-. The van der Waals surface area contributed by atoms with E-state index in [0.29, 0.717) is 38.1 Å². The van der Waals surface area contributed by atoms with Crippen LogP contribution < -0.4 is 16.2 Å². The number of fused-ring (bicyclic) bond motifs is 1. The van der Waals surface area contributed by atoms with E-state index in [4.69, 9.17) is 15.2 Å². The number of rotatable bonds is 15. The summed E-state index contributed by atoms with van der Waals surface area (Å²) in [5.74, 6) is -0.236. The number of urea groups is 1. The summed E-state index contributed by atoms with van der Waals surface area (Å²) in [4.78, 5) is 27.4. The second kappa shape index (κ2) is 15.6. The average molecular weight is 675 g/mol. The molecule has 2 heterocycles.